The molecule has 5 heteroatoms. The van der Waals surface area contributed by atoms with E-state index in [4.69, 9.17) is 9.47 Å². The van der Waals surface area contributed by atoms with Crippen molar-refractivity contribution in [2.75, 3.05) is 20.3 Å². The van der Waals surface area contributed by atoms with Gasteiger partial charge in [0.15, 0.2) is 0 Å². The molecule has 1 amide bonds. The van der Waals surface area contributed by atoms with Crippen LogP contribution in [0.1, 0.15) is 79.1 Å². The number of hydrogen-bond donors (Lipinski definition) is 0. The lowest BCUT2D eigenvalue weighted by molar-refractivity contribution is -0.149. The Hall–Kier alpha value is -1.26. The van der Waals surface area contributed by atoms with Crippen LogP contribution in [0.25, 0.3) is 0 Å². The third kappa shape index (κ3) is 11.3. The fourth-order valence-electron chi connectivity index (χ4n) is 2.18. The summed E-state index contributed by atoms with van der Waals surface area (Å²) in [6.45, 7) is 8.59. The fraction of sp³-hybridized carbons (Fsp3) is 0.895. The van der Waals surface area contributed by atoms with Gasteiger partial charge in [0.1, 0.15) is 6.04 Å². The number of rotatable bonds is 13. The Morgan fingerprint density at radius 1 is 0.875 bits per heavy atom. The first-order valence-corrected chi connectivity index (χ1v) is 9.46. The number of esters is 1. The van der Waals surface area contributed by atoms with Gasteiger partial charge in [0.25, 0.3) is 0 Å². The lowest BCUT2D eigenvalue weighted by Crippen LogP contribution is -2.42. The van der Waals surface area contributed by atoms with E-state index in [0.29, 0.717) is 13.2 Å². The second kappa shape index (κ2) is 14.1. The van der Waals surface area contributed by atoms with E-state index < -0.39 is 18.1 Å². The summed E-state index contributed by atoms with van der Waals surface area (Å²) >= 11 is 0. The molecule has 0 aliphatic rings. The predicted octanol–water partition coefficient (Wildman–Crippen LogP) is 4.78. The molecule has 0 aromatic rings. The van der Waals surface area contributed by atoms with Crippen LogP contribution in [0.3, 0.4) is 0 Å². The number of amides is 1. The minimum absolute atomic E-state index is 0.278. The second-order valence-electron chi connectivity index (χ2n) is 6.90. The zero-order valence-corrected chi connectivity index (χ0v) is 16.3. The van der Waals surface area contributed by atoms with Crippen molar-refractivity contribution in [1.29, 1.82) is 0 Å². The molecule has 0 aliphatic heterocycles. The van der Waals surface area contributed by atoms with Crippen molar-refractivity contribution in [3.8, 4) is 0 Å². The standard InChI is InChI=1S/C19H37NO4/c1-6-7-8-9-10-11-12-13-14-23-19(22)20(5)17(4)18(21)24-15-16(2)3/h16-17H,6-15H2,1-5H3. The molecule has 0 bridgehead atoms. The predicted molar refractivity (Wildman–Crippen MR) is 97.0 cm³/mol. The van der Waals surface area contributed by atoms with E-state index in [1.165, 1.54) is 43.4 Å². The zero-order valence-electron chi connectivity index (χ0n) is 16.3. The summed E-state index contributed by atoms with van der Waals surface area (Å²) in [7, 11) is 1.57. The van der Waals surface area contributed by atoms with E-state index in [0.717, 1.165) is 12.8 Å². The first-order chi connectivity index (χ1) is 11.4. The molecule has 1 atom stereocenters. The molecular formula is C19H37NO4. The largest absolute Gasteiger partial charge is 0.464 e. The van der Waals surface area contributed by atoms with Crippen molar-refractivity contribution in [2.45, 2.75) is 85.1 Å². The first-order valence-electron chi connectivity index (χ1n) is 9.46. The molecule has 0 fully saturated rings. The molecule has 142 valence electrons. The average molecular weight is 344 g/mol. The molecule has 0 radical (unpaired) electrons. The lowest BCUT2D eigenvalue weighted by atomic mass is 10.1. The van der Waals surface area contributed by atoms with Crippen LogP contribution in [0.4, 0.5) is 4.79 Å². The van der Waals surface area contributed by atoms with Gasteiger partial charge < -0.3 is 9.47 Å². The second-order valence-corrected chi connectivity index (χ2v) is 6.90. The summed E-state index contributed by atoms with van der Waals surface area (Å²) in [5.74, 6) is -0.115. The van der Waals surface area contributed by atoms with Gasteiger partial charge in [0, 0.05) is 7.05 Å². The molecular weight excluding hydrogens is 306 g/mol. The lowest BCUT2D eigenvalue weighted by Gasteiger charge is -2.23. The summed E-state index contributed by atoms with van der Waals surface area (Å²) in [6.07, 6.45) is 9.14. The summed E-state index contributed by atoms with van der Waals surface area (Å²) < 4.78 is 10.4. The van der Waals surface area contributed by atoms with Crippen LogP contribution in [0.5, 0.6) is 0 Å². The molecule has 0 aliphatic carbocycles. The highest BCUT2D eigenvalue weighted by Gasteiger charge is 2.24. The van der Waals surface area contributed by atoms with Gasteiger partial charge in [-0.05, 0) is 19.3 Å². The third-order valence-corrected chi connectivity index (χ3v) is 3.99. The number of unbranched alkanes of at least 4 members (excludes halogenated alkanes) is 7. The molecule has 24 heavy (non-hydrogen) atoms. The number of carbonyl (C=O) groups excluding carboxylic acids is 2. The molecule has 0 saturated heterocycles. The van der Waals surface area contributed by atoms with Crippen LogP contribution in [0.2, 0.25) is 0 Å². The van der Waals surface area contributed by atoms with Crippen LogP contribution in [0, 0.1) is 5.92 Å². The van der Waals surface area contributed by atoms with E-state index in [2.05, 4.69) is 6.92 Å². The van der Waals surface area contributed by atoms with Crippen molar-refractivity contribution < 1.29 is 19.1 Å². The van der Waals surface area contributed by atoms with E-state index in [1.54, 1.807) is 14.0 Å². The van der Waals surface area contributed by atoms with Gasteiger partial charge in [0.05, 0.1) is 13.2 Å². The third-order valence-electron chi connectivity index (χ3n) is 3.99. The highest BCUT2D eigenvalue weighted by molar-refractivity contribution is 5.80. The number of carbonyl (C=O) groups is 2. The van der Waals surface area contributed by atoms with Crippen LogP contribution < -0.4 is 0 Å². The highest BCUT2D eigenvalue weighted by atomic mass is 16.6. The zero-order chi connectivity index (χ0) is 18.4. The van der Waals surface area contributed by atoms with Gasteiger partial charge in [0.2, 0.25) is 0 Å². The molecule has 0 aromatic carbocycles. The van der Waals surface area contributed by atoms with Gasteiger partial charge in [-0.3, -0.25) is 4.90 Å². The van der Waals surface area contributed by atoms with Crippen LogP contribution in [-0.2, 0) is 14.3 Å². The van der Waals surface area contributed by atoms with Crippen LogP contribution >= 0.6 is 0 Å². The first kappa shape index (κ1) is 22.7. The molecule has 5 nitrogen and oxygen atoms in total. The highest BCUT2D eigenvalue weighted by Crippen LogP contribution is 2.09. The number of ether oxygens (including phenoxy) is 2. The number of nitrogens with zero attached hydrogens (tertiary/aromatic N) is 1. The summed E-state index contributed by atoms with van der Waals surface area (Å²) in [5.41, 5.74) is 0. The van der Waals surface area contributed by atoms with Gasteiger partial charge in [-0.1, -0.05) is 65.7 Å². The molecule has 0 rings (SSSR count). The average Bonchev–Trinajstić information content (AvgIpc) is 2.56. The van der Waals surface area contributed by atoms with Gasteiger partial charge >= 0.3 is 12.1 Å². The molecule has 0 spiro atoms. The Morgan fingerprint density at radius 2 is 1.42 bits per heavy atom. The van der Waals surface area contributed by atoms with Crippen molar-refractivity contribution >= 4 is 12.1 Å². The summed E-state index contributed by atoms with van der Waals surface area (Å²) in [5, 5.41) is 0. The molecule has 0 heterocycles. The maximum absolute atomic E-state index is 11.9. The maximum Gasteiger partial charge on any atom is 0.410 e. The number of hydrogen-bond acceptors (Lipinski definition) is 4. The summed E-state index contributed by atoms with van der Waals surface area (Å²) in [4.78, 5) is 25.1. The van der Waals surface area contributed by atoms with Crippen LogP contribution in [-0.4, -0.2) is 43.3 Å². The monoisotopic (exact) mass is 343 g/mol. The summed E-state index contributed by atoms with van der Waals surface area (Å²) in [6, 6.07) is -0.630. The quantitative estimate of drug-likeness (QED) is 0.356. The van der Waals surface area contributed by atoms with Crippen molar-refractivity contribution in [3.63, 3.8) is 0 Å². The van der Waals surface area contributed by atoms with Crippen molar-refractivity contribution in [3.05, 3.63) is 0 Å². The molecule has 0 saturated carbocycles. The van der Waals surface area contributed by atoms with E-state index in [9.17, 15) is 9.59 Å². The molecule has 1 unspecified atom stereocenters. The van der Waals surface area contributed by atoms with Gasteiger partial charge in [-0.15, -0.1) is 0 Å². The number of likely N-dealkylation sites (N-methyl/N-ethyl adjacent to an activating group) is 1. The van der Waals surface area contributed by atoms with Crippen molar-refractivity contribution in [2.24, 2.45) is 5.92 Å². The topological polar surface area (TPSA) is 55.8 Å². The minimum Gasteiger partial charge on any atom is -0.464 e. The SMILES string of the molecule is CCCCCCCCCCOC(=O)N(C)C(C)C(=O)OCC(C)C. The van der Waals surface area contributed by atoms with Crippen molar-refractivity contribution in [1.82, 2.24) is 4.90 Å². The molecule has 0 aromatic heterocycles. The van der Waals surface area contributed by atoms with E-state index in [1.807, 2.05) is 13.8 Å². The Labute approximate surface area is 148 Å². The minimum atomic E-state index is -0.630. The smallest absolute Gasteiger partial charge is 0.410 e. The Morgan fingerprint density at radius 3 is 1.96 bits per heavy atom. The van der Waals surface area contributed by atoms with E-state index in [-0.39, 0.29) is 5.92 Å². The molecule has 0 N–H and O–H groups in total. The van der Waals surface area contributed by atoms with E-state index >= 15 is 0 Å². The Balaban J connectivity index is 3.76. The normalized spacial score (nSPS) is 12.1. The maximum atomic E-state index is 11.9. The van der Waals surface area contributed by atoms with Crippen LogP contribution in [0.15, 0.2) is 0 Å². The van der Waals surface area contributed by atoms with Gasteiger partial charge in [-0.2, -0.15) is 0 Å². The Bertz CT molecular complexity index is 344. The van der Waals surface area contributed by atoms with Gasteiger partial charge in [-0.25, -0.2) is 9.59 Å². The Kier molecular flexibility index (Phi) is 13.4. The fourth-order valence-corrected chi connectivity index (χ4v) is 2.18.